The normalized spacial score (nSPS) is 32.4. The monoisotopic (exact) mass is 355 g/mol. The predicted molar refractivity (Wildman–Crippen MR) is 97.4 cm³/mol. The molecule has 3 aliphatic rings. The molecule has 4 rings (SSSR count). The molecule has 6 heteroatoms. The van der Waals surface area contributed by atoms with E-state index >= 15 is 0 Å². The second kappa shape index (κ2) is 5.64. The van der Waals surface area contributed by atoms with E-state index in [1.54, 1.807) is 0 Å². The van der Waals surface area contributed by atoms with Crippen molar-refractivity contribution in [3.63, 3.8) is 0 Å². The average molecular weight is 355 g/mol. The zero-order chi connectivity index (χ0) is 18.8. The van der Waals surface area contributed by atoms with Gasteiger partial charge in [0.1, 0.15) is 5.54 Å². The average Bonchev–Trinajstić information content (AvgIpc) is 3.13. The van der Waals surface area contributed by atoms with Gasteiger partial charge >= 0.3 is 0 Å². The molecule has 1 spiro atoms. The Morgan fingerprint density at radius 2 is 1.88 bits per heavy atom. The number of rotatable bonds is 3. The van der Waals surface area contributed by atoms with E-state index in [0.29, 0.717) is 6.54 Å². The van der Waals surface area contributed by atoms with Crippen LogP contribution in [-0.2, 0) is 19.9 Å². The molecule has 0 saturated carbocycles. The highest BCUT2D eigenvalue weighted by atomic mass is 16.2. The van der Waals surface area contributed by atoms with Crippen molar-refractivity contribution in [1.82, 2.24) is 10.2 Å². The minimum absolute atomic E-state index is 0.143. The van der Waals surface area contributed by atoms with E-state index in [2.05, 4.69) is 10.6 Å². The van der Waals surface area contributed by atoms with Gasteiger partial charge in [0.25, 0.3) is 0 Å². The fourth-order valence-corrected chi connectivity index (χ4v) is 5.02. The Balaban J connectivity index is 1.86. The van der Waals surface area contributed by atoms with E-state index in [0.717, 1.165) is 35.2 Å². The van der Waals surface area contributed by atoms with Crippen LogP contribution in [0.1, 0.15) is 43.4 Å². The molecule has 0 unspecified atom stereocenters. The maximum absolute atomic E-state index is 13.2. The van der Waals surface area contributed by atoms with Crippen LogP contribution >= 0.6 is 0 Å². The number of benzene rings is 1. The first-order chi connectivity index (χ1) is 12.3. The first-order valence-corrected chi connectivity index (χ1v) is 9.39. The lowest BCUT2D eigenvalue weighted by molar-refractivity contribution is -0.142. The maximum Gasteiger partial charge on any atom is 0.250 e. The highest BCUT2D eigenvalue weighted by molar-refractivity contribution is 6.15. The van der Waals surface area contributed by atoms with Gasteiger partial charge in [-0.15, -0.1) is 0 Å². The molecule has 2 saturated heterocycles. The molecular formula is C20H25N3O3. The van der Waals surface area contributed by atoms with Crippen LogP contribution in [0.15, 0.2) is 12.1 Å². The summed E-state index contributed by atoms with van der Waals surface area (Å²) >= 11 is 0. The minimum Gasteiger partial charge on any atom is -0.324 e. The third-order valence-electron chi connectivity index (χ3n) is 6.14. The van der Waals surface area contributed by atoms with Crippen molar-refractivity contribution in [3.05, 3.63) is 28.8 Å². The zero-order valence-corrected chi connectivity index (χ0v) is 15.7. The second-order valence-electron chi connectivity index (χ2n) is 7.88. The fourth-order valence-electron chi connectivity index (χ4n) is 5.02. The number of imide groups is 1. The summed E-state index contributed by atoms with van der Waals surface area (Å²) in [4.78, 5) is 40.7. The van der Waals surface area contributed by atoms with Gasteiger partial charge in [-0.25, -0.2) is 0 Å². The number of hydrogen-bond acceptors (Lipinski definition) is 4. The molecule has 2 fully saturated rings. The summed E-state index contributed by atoms with van der Waals surface area (Å²) in [5, 5.41) is 6.32. The van der Waals surface area contributed by atoms with Gasteiger partial charge in [-0.1, -0.05) is 31.0 Å². The molecule has 6 nitrogen and oxygen atoms in total. The van der Waals surface area contributed by atoms with Crippen LogP contribution in [0.25, 0.3) is 0 Å². The fraction of sp³-hybridized carbons (Fsp3) is 0.550. The number of nitrogens with one attached hydrogen (secondary N) is 2. The third-order valence-corrected chi connectivity index (χ3v) is 6.14. The number of aryl methyl sites for hydroxylation is 2. The first kappa shape index (κ1) is 17.2. The van der Waals surface area contributed by atoms with Gasteiger partial charge in [-0.05, 0) is 32.8 Å². The molecular weight excluding hydrogens is 330 g/mol. The van der Waals surface area contributed by atoms with Crippen molar-refractivity contribution in [1.29, 1.82) is 0 Å². The van der Waals surface area contributed by atoms with Crippen LogP contribution < -0.4 is 10.6 Å². The Labute approximate surface area is 153 Å². The molecule has 3 heterocycles. The van der Waals surface area contributed by atoms with Crippen LogP contribution in [0.2, 0.25) is 0 Å². The molecule has 1 aromatic rings. The van der Waals surface area contributed by atoms with Crippen LogP contribution in [-0.4, -0.2) is 35.2 Å². The molecule has 3 amide bonds. The summed E-state index contributed by atoms with van der Waals surface area (Å²) < 4.78 is 0. The number of unbranched alkanes of at least 4 members (excludes halogenated alkanes) is 1. The SMILES string of the molecule is CCCCN1C(=O)[C@H]2[C@@H](C1=O)[C@@]1(N[C@@H]2C)C(=O)Nc2c(C)cc(C)cc21. The largest absolute Gasteiger partial charge is 0.324 e. The summed E-state index contributed by atoms with van der Waals surface area (Å²) in [6.45, 7) is 8.30. The highest BCUT2D eigenvalue weighted by Crippen LogP contribution is 2.53. The zero-order valence-electron chi connectivity index (χ0n) is 15.7. The number of fused-ring (bicyclic) bond motifs is 4. The summed E-state index contributed by atoms with van der Waals surface area (Å²) in [6.07, 6.45) is 1.69. The summed E-state index contributed by atoms with van der Waals surface area (Å²) in [6, 6.07) is 3.75. The highest BCUT2D eigenvalue weighted by Gasteiger charge is 2.69. The Morgan fingerprint density at radius 1 is 1.15 bits per heavy atom. The Bertz CT molecular complexity index is 834. The van der Waals surface area contributed by atoms with Gasteiger partial charge < -0.3 is 5.32 Å². The van der Waals surface area contributed by atoms with Crippen molar-refractivity contribution in [2.75, 3.05) is 11.9 Å². The summed E-state index contributed by atoms with van der Waals surface area (Å²) in [5.41, 5.74) is 2.44. The van der Waals surface area contributed by atoms with E-state index in [-0.39, 0.29) is 23.8 Å². The molecule has 0 aliphatic carbocycles. The lowest BCUT2D eigenvalue weighted by Crippen LogP contribution is -2.53. The molecule has 138 valence electrons. The van der Waals surface area contributed by atoms with E-state index in [9.17, 15) is 14.4 Å². The number of carbonyl (C=O) groups excluding carboxylic acids is 3. The van der Waals surface area contributed by atoms with Crippen molar-refractivity contribution in [2.24, 2.45) is 11.8 Å². The molecule has 4 atom stereocenters. The van der Waals surface area contributed by atoms with Gasteiger partial charge in [0.2, 0.25) is 17.7 Å². The summed E-state index contributed by atoms with van der Waals surface area (Å²) in [7, 11) is 0. The van der Waals surface area contributed by atoms with E-state index in [1.807, 2.05) is 39.8 Å². The van der Waals surface area contributed by atoms with E-state index in [1.165, 1.54) is 4.90 Å². The van der Waals surface area contributed by atoms with E-state index < -0.39 is 17.4 Å². The molecule has 1 aromatic carbocycles. The topological polar surface area (TPSA) is 78.5 Å². The van der Waals surface area contributed by atoms with Crippen molar-refractivity contribution >= 4 is 23.4 Å². The molecule has 0 aromatic heterocycles. The van der Waals surface area contributed by atoms with Gasteiger partial charge in [-0.2, -0.15) is 0 Å². The van der Waals surface area contributed by atoms with Crippen LogP contribution in [0.4, 0.5) is 5.69 Å². The van der Waals surface area contributed by atoms with Crippen molar-refractivity contribution in [2.45, 2.75) is 52.1 Å². The maximum atomic E-state index is 13.2. The number of amides is 3. The first-order valence-electron chi connectivity index (χ1n) is 9.39. The Kier molecular flexibility index (Phi) is 3.74. The van der Waals surface area contributed by atoms with E-state index in [4.69, 9.17) is 0 Å². The minimum atomic E-state index is -1.15. The van der Waals surface area contributed by atoms with Gasteiger partial charge in [0, 0.05) is 23.8 Å². The van der Waals surface area contributed by atoms with Gasteiger partial charge in [0.05, 0.1) is 11.8 Å². The number of anilines is 1. The van der Waals surface area contributed by atoms with Gasteiger partial charge in [0.15, 0.2) is 0 Å². The summed E-state index contributed by atoms with van der Waals surface area (Å²) in [5.74, 6) is -1.75. The molecule has 26 heavy (non-hydrogen) atoms. The van der Waals surface area contributed by atoms with Crippen LogP contribution in [0, 0.1) is 25.7 Å². The second-order valence-corrected chi connectivity index (χ2v) is 7.88. The lowest BCUT2D eigenvalue weighted by atomic mass is 9.76. The van der Waals surface area contributed by atoms with Crippen LogP contribution in [0.5, 0.6) is 0 Å². The molecule has 0 bridgehead atoms. The van der Waals surface area contributed by atoms with Crippen molar-refractivity contribution in [3.8, 4) is 0 Å². The predicted octanol–water partition coefficient (Wildman–Crippen LogP) is 1.84. The number of likely N-dealkylation sites (tertiary alicyclic amines) is 1. The van der Waals surface area contributed by atoms with Gasteiger partial charge in [-0.3, -0.25) is 24.6 Å². The van der Waals surface area contributed by atoms with Crippen molar-refractivity contribution < 1.29 is 14.4 Å². The number of nitrogens with zero attached hydrogens (tertiary/aromatic N) is 1. The number of carbonyl (C=O) groups is 3. The third kappa shape index (κ3) is 1.99. The standard InChI is InChI=1S/C20H25N3O3/c1-5-6-7-23-17(24)14-12(4)22-20(15(14)18(23)25)13-9-10(2)8-11(3)16(13)21-19(20)26/h8-9,12,14-15,22H,5-7H2,1-4H3,(H,21,26)/t12-,14-,15+,20-/m1/s1. The Hall–Kier alpha value is -2.21. The van der Waals surface area contributed by atoms with Crippen LogP contribution in [0.3, 0.4) is 0 Å². The smallest absolute Gasteiger partial charge is 0.250 e. The molecule has 2 N–H and O–H groups in total. The molecule has 0 radical (unpaired) electrons. The molecule has 3 aliphatic heterocycles. The lowest BCUT2D eigenvalue weighted by Gasteiger charge is -2.29. The quantitative estimate of drug-likeness (QED) is 0.811. The number of hydrogen-bond donors (Lipinski definition) is 2. The Morgan fingerprint density at radius 3 is 2.58 bits per heavy atom.